The van der Waals surface area contributed by atoms with Gasteiger partial charge in [-0.2, -0.15) is 0 Å². The van der Waals surface area contributed by atoms with Crippen LogP contribution in [0.15, 0.2) is 47.3 Å². The second kappa shape index (κ2) is 11.5. The molecule has 1 aromatic heterocycles. The van der Waals surface area contributed by atoms with Crippen LogP contribution in [0.5, 0.6) is 11.5 Å². The van der Waals surface area contributed by atoms with Gasteiger partial charge in [0.15, 0.2) is 16.3 Å². The summed E-state index contributed by atoms with van der Waals surface area (Å²) in [6.45, 7) is 3.41. The zero-order valence-electron chi connectivity index (χ0n) is 19.9. The second-order valence-corrected chi connectivity index (χ2v) is 8.65. The van der Waals surface area contributed by atoms with Crippen LogP contribution >= 0.6 is 12.2 Å². The third kappa shape index (κ3) is 5.72. The van der Waals surface area contributed by atoms with Crippen molar-refractivity contribution < 1.29 is 19.0 Å². The summed E-state index contributed by atoms with van der Waals surface area (Å²) in [4.78, 5) is 31.0. The Labute approximate surface area is 208 Å². The van der Waals surface area contributed by atoms with E-state index in [9.17, 15) is 9.59 Å². The lowest BCUT2D eigenvalue weighted by molar-refractivity contribution is -0.121. The van der Waals surface area contributed by atoms with E-state index >= 15 is 0 Å². The first-order valence-electron chi connectivity index (χ1n) is 11.5. The van der Waals surface area contributed by atoms with E-state index in [-0.39, 0.29) is 30.5 Å². The van der Waals surface area contributed by atoms with Crippen LogP contribution in [0.3, 0.4) is 0 Å². The number of aromatic amines is 1. The molecule has 1 aliphatic heterocycles. The summed E-state index contributed by atoms with van der Waals surface area (Å²) in [6, 6.07) is 12.9. The van der Waals surface area contributed by atoms with E-state index in [0.717, 1.165) is 18.7 Å². The highest BCUT2D eigenvalue weighted by Gasteiger charge is 2.24. The van der Waals surface area contributed by atoms with E-state index in [1.807, 2.05) is 30.3 Å². The lowest BCUT2D eigenvalue weighted by atomic mass is 10.0. The van der Waals surface area contributed by atoms with Crippen molar-refractivity contribution in [2.75, 3.05) is 47.1 Å². The Balaban J connectivity index is 1.46. The van der Waals surface area contributed by atoms with Crippen LogP contribution in [0.2, 0.25) is 0 Å². The van der Waals surface area contributed by atoms with Gasteiger partial charge in [0.25, 0.3) is 5.56 Å². The molecule has 2 N–H and O–H groups in total. The van der Waals surface area contributed by atoms with Gasteiger partial charge in [-0.25, -0.2) is 0 Å². The highest BCUT2D eigenvalue weighted by Crippen LogP contribution is 2.32. The maximum atomic E-state index is 12.8. The third-order valence-corrected chi connectivity index (χ3v) is 6.55. The van der Waals surface area contributed by atoms with Crippen molar-refractivity contribution in [2.45, 2.75) is 19.0 Å². The molecule has 3 aromatic rings. The number of morpholine rings is 1. The smallest absolute Gasteiger partial charge is 0.262 e. The van der Waals surface area contributed by atoms with Crippen molar-refractivity contribution in [1.29, 1.82) is 0 Å². The van der Waals surface area contributed by atoms with Crippen LogP contribution in [-0.2, 0) is 16.1 Å². The van der Waals surface area contributed by atoms with Crippen LogP contribution in [0.25, 0.3) is 10.9 Å². The zero-order valence-corrected chi connectivity index (χ0v) is 20.7. The van der Waals surface area contributed by atoms with Gasteiger partial charge in [-0.3, -0.25) is 19.1 Å². The molecule has 0 radical (unpaired) electrons. The molecule has 10 heteroatoms. The topological polar surface area (TPSA) is 97.8 Å². The Morgan fingerprint density at radius 3 is 2.63 bits per heavy atom. The molecule has 0 spiro atoms. The first-order valence-corrected chi connectivity index (χ1v) is 11.9. The van der Waals surface area contributed by atoms with Crippen molar-refractivity contribution in [3.63, 3.8) is 0 Å². The largest absolute Gasteiger partial charge is 0.493 e. The SMILES string of the molecule is COc1ccc(C(CNC(=O)CCn2c(=S)[nH]c3ccccc3c2=O)N2CCOCC2)cc1OC. The first kappa shape index (κ1) is 24.9. The lowest BCUT2D eigenvalue weighted by Gasteiger charge is -2.35. The molecule has 35 heavy (non-hydrogen) atoms. The Morgan fingerprint density at radius 2 is 1.89 bits per heavy atom. The number of H-pyrrole nitrogens is 1. The summed E-state index contributed by atoms with van der Waals surface area (Å²) >= 11 is 5.35. The Morgan fingerprint density at radius 1 is 1.14 bits per heavy atom. The number of methoxy groups -OCH3 is 2. The van der Waals surface area contributed by atoms with Crippen molar-refractivity contribution >= 4 is 29.0 Å². The summed E-state index contributed by atoms with van der Waals surface area (Å²) in [6.07, 6.45) is 0.136. The van der Waals surface area contributed by atoms with Crippen LogP contribution in [0.4, 0.5) is 0 Å². The van der Waals surface area contributed by atoms with E-state index < -0.39 is 0 Å². The lowest BCUT2D eigenvalue weighted by Crippen LogP contribution is -2.44. The number of rotatable bonds is 9. The number of hydrogen-bond acceptors (Lipinski definition) is 7. The van der Waals surface area contributed by atoms with Gasteiger partial charge in [-0.15, -0.1) is 0 Å². The molecule has 1 unspecified atom stereocenters. The minimum atomic E-state index is -0.200. The predicted octanol–water partition coefficient (Wildman–Crippen LogP) is 2.66. The molecule has 1 fully saturated rings. The monoisotopic (exact) mass is 498 g/mol. The van der Waals surface area contributed by atoms with Gasteiger partial charge in [0.2, 0.25) is 5.91 Å². The van der Waals surface area contributed by atoms with E-state index in [1.54, 1.807) is 26.4 Å². The highest BCUT2D eigenvalue weighted by molar-refractivity contribution is 7.71. The van der Waals surface area contributed by atoms with Crippen molar-refractivity contribution in [2.24, 2.45) is 0 Å². The highest BCUT2D eigenvalue weighted by atomic mass is 32.1. The van der Waals surface area contributed by atoms with Crippen molar-refractivity contribution in [1.82, 2.24) is 19.8 Å². The summed E-state index contributed by atoms with van der Waals surface area (Å²) in [5.41, 5.74) is 1.50. The van der Waals surface area contributed by atoms with Crippen LogP contribution in [0, 0.1) is 4.77 Å². The van der Waals surface area contributed by atoms with Crippen molar-refractivity contribution in [3.05, 3.63) is 63.2 Å². The fourth-order valence-electron chi connectivity index (χ4n) is 4.32. The fraction of sp³-hybridized carbons (Fsp3) is 0.400. The first-order chi connectivity index (χ1) is 17.0. The molecule has 2 aromatic carbocycles. The zero-order chi connectivity index (χ0) is 24.8. The fourth-order valence-corrected chi connectivity index (χ4v) is 4.61. The summed E-state index contributed by atoms with van der Waals surface area (Å²) < 4.78 is 18.1. The molecule has 1 saturated heterocycles. The average molecular weight is 499 g/mol. The maximum absolute atomic E-state index is 12.8. The molecule has 9 nitrogen and oxygen atoms in total. The number of nitrogens with one attached hydrogen (secondary N) is 2. The molecule has 1 aliphatic rings. The van der Waals surface area contributed by atoms with Gasteiger partial charge >= 0.3 is 0 Å². The average Bonchev–Trinajstić information content (AvgIpc) is 2.89. The Bertz CT molecular complexity index is 1300. The van der Waals surface area contributed by atoms with E-state index in [1.165, 1.54) is 4.57 Å². The van der Waals surface area contributed by atoms with Gasteiger partial charge in [0, 0.05) is 32.6 Å². The number of para-hydroxylation sites is 1. The van der Waals surface area contributed by atoms with Gasteiger partial charge in [0.1, 0.15) is 0 Å². The third-order valence-electron chi connectivity index (χ3n) is 6.22. The minimum absolute atomic E-state index is 0.0612. The van der Waals surface area contributed by atoms with Crippen LogP contribution < -0.4 is 20.3 Å². The number of nitrogens with zero attached hydrogens (tertiary/aromatic N) is 2. The number of fused-ring (bicyclic) bond motifs is 1. The molecule has 0 saturated carbocycles. The maximum Gasteiger partial charge on any atom is 0.262 e. The Hall–Kier alpha value is -3.21. The summed E-state index contributed by atoms with van der Waals surface area (Å²) in [7, 11) is 3.21. The Kier molecular flexibility index (Phi) is 8.17. The van der Waals surface area contributed by atoms with E-state index in [0.29, 0.717) is 46.9 Å². The number of ether oxygens (including phenoxy) is 3. The normalized spacial score (nSPS) is 15.0. The number of carbonyl (C=O) groups excluding carboxylic acids is 1. The van der Waals surface area contributed by atoms with E-state index in [4.69, 9.17) is 26.4 Å². The second-order valence-electron chi connectivity index (χ2n) is 8.27. The van der Waals surface area contributed by atoms with Crippen molar-refractivity contribution in [3.8, 4) is 11.5 Å². The number of carbonyl (C=O) groups is 1. The molecule has 186 valence electrons. The number of benzene rings is 2. The van der Waals surface area contributed by atoms with Crippen LogP contribution in [-0.4, -0.2) is 67.4 Å². The van der Waals surface area contributed by atoms with Gasteiger partial charge in [-0.05, 0) is 42.0 Å². The number of hydrogen-bond donors (Lipinski definition) is 2. The summed E-state index contributed by atoms with van der Waals surface area (Å²) in [5, 5.41) is 3.58. The quantitative estimate of drug-likeness (QED) is 0.438. The predicted molar refractivity (Wildman–Crippen MR) is 136 cm³/mol. The van der Waals surface area contributed by atoms with Gasteiger partial charge in [-0.1, -0.05) is 18.2 Å². The number of aromatic nitrogens is 2. The molecular weight excluding hydrogens is 468 g/mol. The number of amides is 1. The minimum Gasteiger partial charge on any atom is -0.493 e. The molecule has 0 bridgehead atoms. The summed E-state index contributed by atoms with van der Waals surface area (Å²) in [5.74, 6) is 1.14. The van der Waals surface area contributed by atoms with E-state index in [2.05, 4.69) is 15.2 Å². The molecular formula is C25H30N4O5S. The molecule has 1 amide bonds. The van der Waals surface area contributed by atoms with Gasteiger partial charge < -0.3 is 24.5 Å². The van der Waals surface area contributed by atoms with Gasteiger partial charge in [0.05, 0.1) is 44.4 Å². The molecule has 4 rings (SSSR count). The molecule has 0 aliphatic carbocycles. The molecule has 2 heterocycles. The standard InChI is InChI=1S/C25H30N4O5S/c1-32-21-8-7-17(15-22(21)33-2)20(28-11-13-34-14-12-28)16-26-23(30)9-10-29-24(31)18-5-3-4-6-19(18)27-25(29)35/h3-8,15,20H,9-14,16H2,1-2H3,(H,26,30)(H,27,35). The van der Waals surface area contributed by atoms with Crippen LogP contribution in [0.1, 0.15) is 18.0 Å². The molecule has 1 atom stereocenters.